The third-order valence-electron chi connectivity index (χ3n) is 4.94. The number of benzene rings is 1. The maximum absolute atomic E-state index is 12.3. The van der Waals surface area contributed by atoms with E-state index in [2.05, 4.69) is 20.6 Å². The Morgan fingerprint density at radius 3 is 2.35 bits per heavy atom. The predicted octanol–water partition coefficient (Wildman–Crippen LogP) is 1.87. The van der Waals surface area contributed by atoms with Crippen LogP contribution < -0.4 is 10.6 Å². The molecule has 1 aliphatic rings. The number of nitrogens with zero attached hydrogens (tertiary/aromatic N) is 4. The minimum absolute atomic E-state index is 0.130. The Morgan fingerprint density at radius 1 is 0.935 bits per heavy atom. The van der Waals surface area contributed by atoms with Crippen LogP contribution in [0.2, 0.25) is 0 Å². The smallest absolute Gasteiger partial charge is 0.261 e. The predicted molar refractivity (Wildman–Crippen MR) is 114 cm³/mol. The van der Waals surface area contributed by atoms with Crippen molar-refractivity contribution in [2.75, 3.05) is 25.0 Å². The average molecular weight is 418 g/mol. The molecule has 0 spiro atoms. The SMILES string of the molecule is O=C(CCCN1C(=O)c2ccccc2C1=O)NCCNc1cc(-n2cccc2)ncn1. The first kappa shape index (κ1) is 20.3. The van der Waals surface area contributed by atoms with Gasteiger partial charge in [0, 0.05) is 44.5 Å². The Kier molecular flexibility index (Phi) is 6.02. The molecule has 3 amide bonds. The molecule has 9 nitrogen and oxygen atoms in total. The van der Waals surface area contributed by atoms with Crippen LogP contribution >= 0.6 is 0 Å². The second-order valence-electron chi connectivity index (χ2n) is 7.04. The summed E-state index contributed by atoms with van der Waals surface area (Å²) >= 11 is 0. The van der Waals surface area contributed by atoms with E-state index in [1.54, 1.807) is 24.3 Å². The first-order valence-corrected chi connectivity index (χ1v) is 10.0. The number of hydrogen-bond acceptors (Lipinski definition) is 6. The lowest BCUT2D eigenvalue weighted by atomic mass is 10.1. The van der Waals surface area contributed by atoms with Gasteiger partial charge in [-0.2, -0.15) is 0 Å². The van der Waals surface area contributed by atoms with Gasteiger partial charge in [0.2, 0.25) is 5.91 Å². The van der Waals surface area contributed by atoms with E-state index in [9.17, 15) is 14.4 Å². The van der Waals surface area contributed by atoms with Gasteiger partial charge in [0.15, 0.2) is 0 Å². The normalized spacial score (nSPS) is 12.7. The maximum Gasteiger partial charge on any atom is 0.261 e. The van der Waals surface area contributed by atoms with Crippen LogP contribution in [0, 0.1) is 0 Å². The van der Waals surface area contributed by atoms with Crippen molar-refractivity contribution in [1.82, 2.24) is 24.8 Å². The van der Waals surface area contributed by atoms with Gasteiger partial charge in [-0.25, -0.2) is 9.97 Å². The molecule has 2 aromatic heterocycles. The zero-order valence-electron chi connectivity index (χ0n) is 16.8. The molecular formula is C22H22N6O3. The Morgan fingerprint density at radius 2 is 1.65 bits per heavy atom. The van der Waals surface area contributed by atoms with Gasteiger partial charge in [-0.3, -0.25) is 19.3 Å². The number of carbonyl (C=O) groups is 3. The van der Waals surface area contributed by atoms with Gasteiger partial charge in [0.25, 0.3) is 11.8 Å². The molecule has 0 unspecified atom stereocenters. The standard InChI is InChI=1S/C22H22N6O3/c29-20(8-5-13-28-21(30)16-6-1-2-7-17(16)22(28)31)24-10-9-23-18-14-19(26-15-25-18)27-11-3-4-12-27/h1-4,6-7,11-12,14-15H,5,8-10,13H2,(H,24,29)(H,23,25,26). The van der Waals surface area contributed by atoms with Gasteiger partial charge >= 0.3 is 0 Å². The van der Waals surface area contributed by atoms with Crippen LogP contribution in [0.3, 0.4) is 0 Å². The number of fused-ring (bicyclic) bond motifs is 1. The highest BCUT2D eigenvalue weighted by Crippen LogP contribution is 2.22. The molecular weight excluding hydrogens is 396 g/mol. The van der Waals surface area contributed by atoms with E-state index >= 15 is 0 Å². The largest absolute Gasteiger partial charge is 0.368 e. The van der Waals surface area contributed by atoms with Crippen molar-refractivity contribution < 1.29 is 14.4 Å². The summed E-state index contributed by atoms with van der Waals surface area (Å²) in [5.74, 6) is 0.691. The Labute approximate surface area is 179 Å². The van der Waals surface area contributed by atoms with Crippen LogP contribution in [0.25, 0.3) is 5.82 Å². The summed E-state index contributed by atoms with van der Waals surface area (Å²) in [4.78, 5) is 46.3. The van der Waals surface area contributed by atoms with Crippen molar-refractivity contribution in [3.05, 3.63) is 72.3 Å². The van der Waals surface area contributed by atoms with E-state index in [0.29, 0.717) is 36.5 Å². The molecule has 0 fully saturated rings. The second kappa shape index (κ2) is 9.21. The van der Waals surface area contributed by atoms with Gasteiger partial charge < -0.3 is 15.2 Å². The van der Waals surface area contributed by atoms with E-state index in [1.165, 1.54) is 11.2 Å². The maximum atomic E-state index is 12.3. The topological polar surface area (TPSA) is 109 Å². The molecule has 3 aromatic rings. The average Bonchev–Trinajstić information content (AvgIpc) is 3.41. The first-order chi connectivity index (χ1) is 15.1. The molecule has 3 heterocycles. The molecule has 2 N–H and O–H groups in total. The fourth-order valence-electron chi connectivity index (χ4n) is 3.39. The van der Waals surface area contributed by atoms with Crippen molar-refractivity contribution in [3.63, 3.8) is 0 Å². The zero-order chi connectivity index (χ0) is 21.6. The number of anilines is 1. The summed E-state index contributed by atoms with van der Waals surface area (Å²) in [6.45, 7) is 1.15. The minimum atomic E-state index is -0.297. The van der Waals surface area contributed by atoms with Crippen molar-refractivity contribution in [2.24, 2.45) is 0 Å². The summed E-state index contributed by atoms with van der Waals surface area (Å²) in [6, 6.07) is 12.4. The molecule has 31 heavy (non-hydrogen) atoms. The molecule has 0 saturated carbocycles. The lowest BCUT2D eigenvalue weighted by molar-refractivity contribution is -0.121. The van der Waals surface area contributed by atoms with Gasteiger partial charge in [-0.15, -0.1) is 0 Å². The number of amides is 3. The van der Waals surface area contributed by atoms with E-state index in [4.69, 9.17) is 0 Å². The first-order valence-electron chi connectivity index (χ1n) is 10.0. The van der Waals surface area contributed by atoms with E-state index in [-0.39, 0.29) is 30.7 Å². The van der Waals surface area contributed by atoms with Crippen LogP contribution in [0.5, 0.6) is 0 Å². The van der Waals surface area contributed by atoms with Crippen molar-refractivity contribution >= 4 is 23.5 Å². The van der Waals surface area contributed by atoms with Gasteiger partial charge in [-0.1, -0.05) is 12.1 Å². The molecule has 0 bridgehead atoms. The van der Waals surface area contributed by atoms with Gasteiger partial charge in [0.05, 0.1) is 11.1 Å². The summed E-state index contributed by atoms with van der Waals surface area (Å²) in [5, 5.41) is 5.97. The van der Waals surface area contributed by atoms with Gasteiger partial charge in [-0.05, 0) is 30.7 Å². The lowest BCUT2D eigenvalue weighted by Crippen LogP contribution is -2.33. The quantitative estimate of drug-likeness (QED) is 0.406. The van der Waals surface area contributed by atoms with Crippen LogP contribution in [-0.2, 0) is 4.79 Å². The van der Waals surface area contributed by atoms with E-state index < -0.39 is 0 Å². The van der Waals surface area contributed by atoms with Gasteiger partial charge in [0.1, 0.15) is 18.0 Å². The number of imide groups is 1. The number of hydrogen-bond donors (Lipinski definition) is 2. The van der Waals surface area contributed by atoms with Crippen molar-refractivity contribution in [2.45, 2.75) is 12.8 Å². The highest BCUT2D eigenvalue weighted by atomic mass is 16.2. The Balaban J connectivity index is 1.16. The molecule has 0 atom stereocenters. The van der Waals surface area contributed by atoms with E-state index in [0.717, 1.165) is 5.82 Å². The molecule has 0 aliphatic carbocycles. The fraction of sp³-hybridized carbons (Fsp3) is 0.227. The highest BCUT2D eigenvalue weighted by molar-refractivity contribution is 6.21. The van der Waals surface area contributed by atoms with Crippen LogP contribution in [0.1, 0.15) is 33.6 Å². The van der Waals surface area contributed by atoms with Crippen LogP contribution in [0.4, 0.5) is 5.82 Å². The molecule has 1 aromatic carbocycles. The lowest BCUT2D eigenvalue weighted by Gasteiger charge is -2.13. The summed E-state index contributed by atoms with van der Waals surface area (Å²) in [6.07, 6.45) is 5.92. The highest BCUT2D eigenvalue weighted by Gasteiger charge is 2.34. The number of carbonyl (C=O) groups excluding carboxylic acids is 3. The fourth-order valence-corrected chi connectivity index (χ4v) is 3.39. The zero-order valence-corrected chi connectivity index (χ0v) is 16.8. The number of rotatable bonds is 9. The molecule has 1 aliphatic heterocycles. The minimum Gasteiger partial charge on any atom is -0.368 e. The van der Waals surface area contributed by atoms with Crippen LogP contribution in [-0.4, -0.2) is 56.8 Å². The second-order valence-corrected chi connectivity index (χ2v) is 7.04. The molecule has 9 heteroatoms. The van der Waals surface area contributed by atoms with Crippen molar-refractivity contribution in [1.29, 1.82) is 0 Å². The molecule has 4 rings (SSSR count). The Bertz CT molecular complexity index is 1060. The molecule has 0 radical (unpaired) electrons. The number of nitrogens with one attached hydrogen (secondary N) is 2. The van der Waals surface area contributed by atoms with E-state index in [1.807, 2.05) is 35.2 Å². The summed E-state index contributed by atoms with van der Waals surface area (Å²) in [5.41, 5.74) is 0.848. The third kappa shape index (κ3) is 4.61. The van der Waals surface area contributed by atoms with Crippen molar-refractivity contribution in [3.8, 4) is 5.82 Å². The summed E-state index contributed by atoms with van der Waals surface area (Å²) < 4.78 is 1.88. The number of aromatic nitrogens is 3. The third-order valence-corrected chi connectivity index (χ3v) is 4.94. The van der Waals surface area contributed by atoms with Crippen LogP contribution in [0.15, 0.2) is 61.2 Å². The summed E-state index contributed by atoms with van der Waals surface area (Å²) in [7, 11) is 0. The Hall–Kier alpha value is -4.01. The monoisotopic (exact) mass is 418 g/mol. The molecule has 158 valence electrons. The molecule has 0 saturated heterocycles.